The van der Waals surface area contributed by atoms with Crippen LogP contribution < -0.4 is 4.90 Å². The van der Waals surface area contributed by atoms with Crippen LogP contribution in [-0.2, 0) is 10.2 Å². The molecule has 0 aliphatic heterocycles. The minimum absolute atomic E-state index is 0.0546. The number of halogens is 2. The van der Waals surface area contributed by atoms with E-state index in [2.05, 4.69) is 10.3 Å². The number of hydrogen-bond donors (Lipinski definition) is 0. The van der Waals surface area contributed by atoms with Crippen molar-refractivity contribution in [1.29, 1.82) is 0 Å². The summed E-state index contributed by atoms with van der Waals surface area (Å²) in [4.78, 5) is 20.7. The zero-order chi connectivity index (χ0) is 27.8. The summed E-state index contributed by atoms with van der Waals surface area (Å²) < 4.78 is 39.9. The molecule has 6 aliphatic carbocycles. The molecular weight excluding hydrogens is 526 g/mol. The number of benzene rings is 1. The molecule has 41 heavy (non-hydrogen) atoms. The Balaban J connectivity index is 1.06. The van der Waals surface area contributed by atoms with E-state index < -0.39 is 11.8 Å². The summed E-state index contributed by atoms with van der Waals surface area (Å²) in [6, 6.07) is 9.80. The van der Waals surface area contributed by atoms with Gasteiger partial charge in [0.05, 0.1) is 0 Å². The van der Waals surface area contributed by atoms with Crippen LogP contribution in [0.3, 0.4) is 0 Å². The first kappa shape index (κ1) is 25.6. The van der Waals surface area contributed by atoms with Gasteiger partial charge in [0.25, 0.3) is 0 Å². The first-order chi connectivity index (χ1) is 19.8. The first-order valence-electron chi connectivity index (χ1n) is 15.4. The van der Waals surface area contributed by atoms with Crippen LogP contribution in [0.1, 0.15) is 113 Å². The molecule has 0 radical (unpaired) electrons. The lowest BCUT2D eigenvalue weighted by Crippen LogP contribution is -2.51. The van der Waals surface area contributed by atoms with E-state index in [-0.39, 0.29) is 36.0 Å². The SMILES string of the molecule is O=C(C1CCC(F)(F)C1)N(CC12CCC(c3nc(C4CC4)no3)(CC1)CC2)c1cccc(-c2cc(C3CC3)on2)c1. The first-order valence-corrected chi connectivity index (χ1v) is 15.4. The average Bonchev–Trinajstić information content (AvgIpc) is 3.89. The standard InChI is InChI=1S/C32H36F2N4O3/c33-32(34)9-8-23(18-32)28(39)38(24-3-1-2-22(16-24)25-17-26(40-36-25)20-4-5-20)19-30-10-13-31(14-11-30,15-12-30)29-35-27(37-41-29)21-6-7-21/h1-3,16-17,20-21,23H,4-15,18-19H2. The van der Waals surface area contributed by atoms with Gasteiger partial charge in [0, 0.05) is 59.9 Å². The number of nitrogens with zero attached hydrogens (tertiary/aromatic N) is 4. The number of carbonyl (C=O) groups is 1. The summed E-state index contributed by atoms with van der Waals surface area (Å²) in [5.41, 5.74) is 2.25. The smallest absolute Gasteiger partial charge is 0.248 e. The number of amides is 1. The quantitative estimate of drug-likeness (QED) is 0.282. The van der Waals surface area contributed by atoms with Crippen molar-refractivity contribution in [2.45, 2.75) is 107 Å². The van der Waals surface area contributed by atoms with Gasteiger partial charge in [-0.15, -0.1) is 0 Å². The Hall–Kier alpha value is -3.10. The van der Waals surface area contributed by atoms with E-state index in [0.717, 1.165) is 98.6 Å². The fourth-order valence-electron chi connectivity index (χ4n) is 7.61. The largest absolute Gasteiger partial charge is 0.360 e. The Morgan fingerprint density at radius 2 is 1.66 bits per heavy atom. The van der Waals surface area contributed by atoms with Crippen molar-refractivity contribution < 1.29 is 22.6 Å². The molecule has 3 aromatic rings. The van der Waals surface area contributed by atoms with Gasteiger partial charge in [-0.3, -0.25) is 4.79 Å². The highest BCUT2D eigenvalue weighted by molar-refractivity contribution is 5.96. The van der Waals surface area contributed by atoms with Gasteiger partial charge in [0.2, 0.25) is 17.7 Å². The van der Waals surface area contributed by atoms with Crippen LogP contribution in [-0.4, -0.2) is 33.7 Å². The molecule has 6 aliphatic rings. The number of carbonyl (C=O) groups excluding carboxylic acids is 1. The van der Waals surface area contributed by atoms with Crippen LogP contribution in [0.5, 0.6) is 0 Å². The van der Waals surface area contributed by atoms with E-state index in [9.17, 15) is 13.6 Å². The number of rotatable bonds is 8. The summed E-state index contributed by atoms with van der Waals surface area (Å²) >= 11 is 0. The molecule has 216 valence electrons. The van der Waals surface area contributed by atoms with Gasteiger partial charge in [-0.25, -0.2) is 8.78 Å². The highest BCUT2D eigenvalue weighted by atomic mass is 19.3. The van der Waals surface area contributed by atoms with Gasteiger partial charge in [0.1, 0.15) is 11.5 Å². The van der Waals surface area contributed by atoms with Crippen molar-refractivity contribution in [2.24, 2.45) is 11.3 Å². The van der Waals surface area contributed by atoms with E-state index in [0.29, 0.717) is 18.4 Å². The zero-order valence-electron chi connectivity index (χ0n) is 23.3. The van der Waals surface area contributed by atoms with Gasteiger partial charge in [-0.05, 0) is 88.2 Å². The van der Waals surface area contributed by atoms with Gasteiger partial charge in [-0.1, -0.05) is 22.4 Å². The maximum Gasteiger partial charge on any atom is 0.248 e. The monoisotopic (exact) mass is 562 g/mol. The number of alkyl halides is 2. The van der Waals surface area contributed by atoms with Crippen LogP contribution in [0, 0.1) is 11.3 Å². The Kier molecular flexibility index (Phi) is 5.74. The van der Waals surface area contributed by atoms with Crippen molar-refractivity contribution in [3.05, 3.63) is 47.8 Å². The second kappa shape index (κ2) is 9.20. The van der Waals surface area contributed by atoms with E-state index in [1.54, 1.807) is 0 Å². The summed E-state index contributed by atoms with van der Waals surface area (Å²) in [6.45, 7) is 0.538. The molecule has 1 amide bonds. The Labute approximate surface area is 238 Å². The summed E-state index contributed by atoms with van der Waals surface area (Å²) in [6.07, 6.45) is 9.88. The lowest BCUT2D eigenvalue weighted by atomic mass is 9.53. The molecular formula is C32H36F2N4O3. The molecule has 7 nitrogen and oxygen atoms in total. The highest BCUT2D eigenvalue weighted by Crippen LogP contribution is 2.58. The van der Waals surface area contributed by atoms with Crippen LogP contribution in [0.2, 0.25) is 0 Å². The maximum absolute atomic E-state index is 14.2. The summed E-state index contributed by atoms with van der Waals surface area (Å²) in [5, 5.41) is 8.58. The molecule has 2 bridgehead atoms. The van der Waals surface area contributed by atoms with Gasteiger partial charge in [-0.2, -0.15) is 4.98 Å². The Morgan fingerprint density at radius 1 is 0.902 bits per heavy atom. The van der Waals surface area contributed by atoms with E-state index in [1.807, 2.05) is 35.2 Å². The number of fused-ring (bicyclic) bond motifs is 3. The Bertz CT molecular complexity index is 1450. The molecule has 9 rings (SSSR count). The summed E-state index contributed by atoms with van der Waals surface area (Å²) in [5.74, 6) is -0.138. The topological polar surface area (TPSA) is 85.3 Å². The average molecular weight is 563 g/mol. The van der Waals surface area contributed by atoms with Crippen LogP contribution >= 0.6 is 0 Å². The predicted octanol–water partition coefficient (Wildman–Crippen LogP) is 7.54. The normalized spacial score (nSPS) is 30.5. The fraction of sp³-hybridized carbons (Fsp3) is 0.625. The van der Waals surface area contributed by atoms with E-state index >= 15 is 0 Å². The summed E-state index contributed by atoms with van der Waals surface area (Å²) in [7, 11) is 0. The predicted molar refractivity (Wildman–Crippen MR) is 147 cm³/mol. The van der Waals surface area contributed by atoms with Crippen molar-refractivity contribution in [3.63, 3.8) is 0 Å². The number of anilines is 1. The molecule has 2 aromatic heterocycles. The molecule has 2 heterocycles. The van der Waals surface area contributed by atoms with Gasteiger partial charge >= 0.3 is 0 Å². The van der Waals surface area contributed by atoms with Gasteiger partial charge in [0.15, 0.2) is 5.82 Å². The second-order valence-electron chi connectivity index (χ2n) is 13.7. The van der Waals surface area contributed by atoms with Crippen LogP contribution in [0.4, 0.5) is 14.5 Å². The number of hydrogen-bond acceptors (Lipinski definition) is 6. The van der Waals surface area contributed by atoms with Crippen molar-refractivity contribution in [1.82, 2.24) is 15.3 Å². The molecule has 1 atom stereocenters. The van der Waals surface area contributed by atoms with E-state index in [4.69, 9.17) is 14.0 Å². The van der Waals surface area contributed by atoms with Crippen molar-refractivity contribution in [2.75, 3.05) is 11.4 Å². The third-order valence-corrected chi connectivity index (χ3v) is 10.7. The fourth-order valence-corrected chi connectivity index (χ4v) is 7.61. The molecule has 1 unspecified atom stereocenters. The zero-order valence-corrected chi connectivity index (χ0v) is 23.3. The third-order valence-electron chi connectivity index (χ3n) is 10.7. The van der Waals surface area contributed by atoms with Crippen molar-refractivity contribution in [3.8, 4) is 11.3 Å². The lowest BCUT2D eigenvalue weighted by molar-refractivity contribution is -0.124. The van der Waals surface area contributed by atoms with Crippen LogP contribution in [0.25, 0.3) is 11.3 Å². The van der Waals surface area contributed by atoms with Crippen molar-refractivity contribution >= 4 is 11.6 Å². The second-order valence-corrected chi connectivity index (χ2v) is 13.7. The van der Waals surface area contributed by atoms with E-state index in [1.165, 1.54) is 0 Å². The molecule has 9 heteroatoms. The molecule has 0 spiro atoms. The highest BCUT2D eigenvalue weighted by Gasteiger charge is 2.54. The van der Waals surface area contributed by atoms with Crippen LogP contribution in [0.15, 0.2) is 39.4 Å². The molecule has 1 aromatic carbocycles. The molecule has 0 N–H and O–H groups in total. The Morgan fingerprint density at radius 3 is 2.34 bits per heavy atom. The number of aromatic nitrogens is 3. The minimum Gasteiger partial charge on any atom is -0.360 e. The lowest BCUT2D eigenvalue weighted by Gasteiger charge is -2.53. The molecule has 6 fully saturated rings. The molecule has 6 saturated carbocycles. The minimum atomic E-state index is -2.77. The maximum atomic E-state index is 14.2. The third kappa shape index (κ3) is 4.69. The van der Waals surface area contributed by atoms with Gasteiger partial charge < -0.3 is 13.9 Å². The molecule has 0 saturated heterocycles.